The van der Waals surface area contributed by atoms with E-state index < -0.39 is 15.1 Å². The molecule has 0 saturated carbocycles. The van der Waals surface area contributed by atoms with Crippen molar-refractivity contribution in [1.82, 2.24) is 0 Å². The Labute approximate surface area is 322 Å². The first kappa shape index (κ1) is 39.0. The number of halogens is 2. The first-order valence-corrected chi connectivity index (χ1v) is 20.4. The van der Waals surface area contributed by atoms with Crippen molar-refractivity contribution in [3.05, 3.63) is 190 Å². The average molecular weight is 770 g/mol. The monoisotopic (exact) mass is 768 g/mol. The van der Waals surface area contributed by atoms with Crippen LogP contribution in [0.2, 0.25) is 10.0 Å². The van der Waals surface area contributed by atoms with Crippen LogP contribution in [0.3, 0.4) is 0 Å². The SMILES string of the molecule is CCC(Sc1ccc(Cl)cc1)c1cccc(OCc2ccccc2)c1.CCC(c1cccc(OCc2ccccc2)c1)S(=O)(=O)c1ccc(Cl)cc1. The van der Waals surface area contributed by atoms with Gasteiger partial charge in [-0.2, -0.15) is 0 Å². The molecule has 0 spiro atoms. The third-order valence-corrected chi connectivity index (χ3v) is 12.5. The van der Waals surface area contributed by atoms with Gasteiger partial charge in [0.05, 0.1) is 10.1 Å². The Hall–Kier alpha value is -4.20. The van der Waals surface area contributed by atoms with Crippen LogP contribution >= 0.6 is 35.0 Å². The zero-order valence-electron chi connectivity index (χ0n) is 29.2. The highest BCUT2D eigenvalue weighted by Gasteiger charge is 2.28. The number of benzene rings is 6. The molecule has 0 aliphatic carbocycles. The smallest absolute Gasteiger partial charge is 0.185 e. The molecule has 0 bridgehead atoms. The molecule has 0 amide bonds. The zero-order chi connectivity index (χ0) is 36.8. The van der Waals surface area contributed by atoms with E-state index in [0.717, 1.165) is 28.3 Å². The summed E-state index contributed by atoms with van der Waals surface area (Å²) >= 11 is 13.7. The van der Waals surface area contributed by atoms with Gasteiger partial charge in [0, 0.05) is 20.2 Å². The molecule has 4 nitrogen and oxygen atoms in total. The predicted molar refractivity (Wildman–Crippen MR) is 216 cm³/mol. The summed E-state index contributed by atoms with van der Waals surface area (Å²) in [7, 11) is -3.52. The molecule has 0 fully saturated rings. The van der Waals surface area contributed by atoms with E-state index in [1.807, 2.05) is 110 Å². The molecule has 6 aromatic carbocycles. The third kappa shape index (κ3) is 11.4. The molecule has 0 saturated heterocycles. The van der Waals surface area contributed by atoms with Crippen molar-refractivity contribution in [3.63, 3.8) is 0 Å². The fourth-order valence-electron chi connectivity index (χ4n) is 5.58. The van der Waals surface area contributed by atoms with Gasteiger partial charge in [-0.15, -0.1) is 11.8 Å². The maximum atomic E-state index is 13.1. The van der Waals surface area contributed by atoms with Crippen LogP contribution in [0, 0.1) is 0 Å². The summed E-state index contributed by atoms with van der Waals surface area (Å²) in [6, 6.07) is 50.2. The van der Waals surface area contributed by atoms with Gasteiger partial charge in [0.15, 0.2) is 9.84 Å². The van der Waals surface area contributed by atoms with Crippen molar-refractivity contribution in [2.24, 2.45) is 0 Å². The Bertz CT molecular complexity index is 2070. The van der Waals surface area contributed by atoms with Crippen LogP contribution in [0.5, 0.6) is 11.5 Å². The molecule has 0 aliphatic rings. The largest absolute Gasteiger partial charge is 0.489 e. The van der Waals surface area contributed by atoms with Crippen molar-refractivity contribution < 1.29 is 17.9 Å². The lowest BCUT2D eigenvalue weighted by atomic mass is 10.1. The van der Waals surface area contributed by atoms with E-state index >= 15 is 0 Å². The van der Waals surface area contributed by atoms with Gasteiger partial charge < -0.3 is 9.47 Å². The molecule has 52 heavy (non-hydrogen) atoms. The summed E-state index contributed by atoms with van der Waals surface area (Å²) in [6.07, 6.45) is 1.52. The Morgan fingerprint density at radius 3 is 1.54 bits per heavy atom. The maximum absolute atomic E-state index is 13.1. The van der Waals surface area contributed by atoms with E-state index in [2.05, 4.69) is 49.4 Å². The molecule has 0 radical (unpaired) electrons. The van der Waals surface area contributed by atoms with E-state index in [4.69, 9.17) is 32.7 Å². The Morgan fingerprint density at radius 2 is 1.04 bits per heavy atom. The summed E-state index contributed by atoms with van der Waals surface area (Å²) in [6.45, 7) is 5.11. The van der Waals surface area contributed by atoms with Gasteiger partial charge in [-0.25, -0.2) is 8.42 Å². The molecule has 268 valence electrons. The molecule has 0 aromatic heterocycles. The minimum absolute atomic E-state index is 0.273. The molecule has 6 rings (SSSR count). The van der Waals surface area contributed by atoms with Crippen molar-refractivity contribution in [2.45, 2.75) is 60.2 Å². The zero-order valence-corrected chi connectivity index (χ0v) is 32.3. The Balaban J connectivity index is 0.000000202. The molecule has 8 heteroatoms. The van der Waals surface area contributed by atoms with Gasteiger partial charge in [-0.3, -0.25) is 0 Å². The highest BCUT2D eigenvalue weighted by atomic mass is 35.5. The van der Waals surface area contributed by atoms with Crippen LogP contribution in [0.1, 0.15) is 59.4 Å². The summed E-state index contributed by atoms with van der Waals surface area (Å²) in [5.74, 6) is 1.57. The van der Waals surface area contributed by atoms with E-state index in [0.29, 0.717) is 35.7 Å². The minimum atomic E-state index is -3.52. The number of ether oxygens (including phenoxy) is 2. The van der Waals surface area contributed by atoms with E-state index in [9.17, 15) is 8.42 Å². The van der Waals surface area contributed by atoms with E-state index in [1.54, 1.807) is 24.3 Å². The number of hydrogen-bond donors (Lipinski definition) is 0. The lowest BCUT2D eigenvalue weighted by Crippen LogP contribution is -2.13. The number of sulfone groups is 1. The van der Waals surface area contributed by atoms with Gasteiger partial charge in [0.25, 0.3) is 0 Å². The van der Waals surface area contributed by atoms with Crippen molar-refractivity contribution in [2.75, 3.05) is 0 Å². The minimum Gasteiger partial charge on any atom is -0.489 e. The number of hydrogen-bond acceptors (Lipinski definition) is 5. The quantitative estimate of drug-likeness (QED) is 0.103. The number of rotatable bonds is 14. The molecule has 0 heterocycles. The molecule has 0 aliphatic heterocycles. The maximum Gasteiger partial charge on any atom is 0.185 e. The van der Waals surface area contributed by atoms with Gasteiger partial charge in [-0.1, -0.05) is 122 Å². The number of thioether (sulfide) groups is 1. The van der Waals surface area contributed by atoms with E-state index in [-0.39, 0.29) is 4.90 Å². The van der Waals surface area contributed by atoms with Gasteiger partial charge in [0.1, 0.15) is 24.7 Å². The standard InChI is InChI=1S/C22H21ClO3S.C22H21ClOS/c1-2-22(27(24,25)21-13-11-19(23)12-14-21)18-9-6-10-20(15-18)26-16-17-7-4-3-5-8-17;1-2-22(25-21-13-11-19(23)12-14-21)18-9-6-10-20(15-18)24-16-17-7-4-3-5-8-17/h3-15,22H,2,16H2,1H3;3-15,22H,2,16H2,1H3. The highest BCUT2D eigenvalue weighted by Crippen LogP contribution is 2.39. The van der Waals surface area contributed by atoms with Gasteiger partial charge >= 0.3 is 0 Å². The van der Waals surface area contributed by atoms with Crippen LogP contribution < -0.4 is 9.47 Å². The lowest BCUT2D eigenvalue weighted by molar-refractivity contribution is 0.306. The average Bonchev–Trinajstić information content (AvgIpc) is 3.18. The van der Waals surface area contributed by atoms with Crippen molar-refractivity contribution >= 4 is 44.8 Å². The van der Waals surface area contributed by atoms with E-state index in [1.165, 1.54) is 16.0 Å². The van der Waals surface area contributed by atoms with Crippen molar-refractivity contribution in [1.29, 1.82) is 0 Å². The molecule has 2 unspecified atom stereocenters. The second kappa shape index (κ2) is 19.6. The van der Waals surface area contributed by atoms with Crippen molar-refractivity contribution in [3.8, 4) is 11.5 Å². The molecular weight excluding hydrogens is 728 g/mol. The Morgan fingerprint density at radius 1 is 0.558 bits per heavy atom. The lowest BCUT2D eigenvalue weighted by Gasteiger charge is -2.18. The molecule has 2 atom stereocenters. The highest BCUT2D eigenvalue weighted by molar-refractivity contribution is 7.99. The first-order valence-electron chi connectivity index (χ1n) is 17.2. The summed E-state index contributed by atoms with van der Waals surface area (Å²) in [4.78, 5) is 1.50. The van der Waals surface area contributed by atoms with Crippen LogP contribution in [0.15, 0.2) is 168 Å². The Kier molecular flexibility index (Phi) is 14.7. The molecule has 6 aromatic rings. The van der Waals surface area contributed by atoms with Crippen LogP contribution in [0.4, 0.5) is 0 Å². The summed E-state index contributed by atoms with van der Waals surface area (Å²) < 4.78 is 38.0. The normalized spacial score (nSPS) is 12.2. The van der Waals surface area contributed by atoms with Gasteiger partial charge in [-0.05, 0) is 108 Å². The fraction of sp³-hybridized carbons (Fsp3) is 0.182. The van der Waals surface area contributed by atoms with Crippen LogP contribution in [-0.4, -0.2) is 8.42 Å². The summed E-state index contributed by atoms with van der Waals surface area (Å²) in [5.41, 5.74) is 4.24. The second-order valence-electron chi connectivity index (χ2n) is 12.1. The first-order chi connectivity index (χ1) is 25.2. The molecular formula is C44H42Cl2O4S2. The van der Waals surface area contributed by atoms with Crippen LogP contribution in [-0.2, 0) is 23.1 Å². The second-order valence-corrected chi connectivity index (χ2v) is 16.3. The summed E-state index contributed by atoms with van der Waals surface area (Å²) in [5, 5.41) is 1.03. The van der Waals surface area contributed by atoms with Gasteiger partial charge in [0.2, 0.25) is 0 Å². The topological polar surface area (TPSA) is 52.6 Å². The molecule has 0 N–H and O–H groups in total. The van der Waals surface area contributed by atoms with Crippen LogP contribution in [0.25, 0.3) is 0 Å². The predicted octanol–water partition coefficient (Wildman–Crippen LogP) is 13.0. The third-order valence-electron chi connectivity index (χ3n) is 8.31. The fourth-order valence-corrected chi connectivity index (χ4v) is 8.69.